The molecular weight excluding hydrogens is 380 g/mol. The van der Waals surface area contributed by atoms with Crippen LogP contribution in [0.4, 0.5) is 5.69 Å². The molecule has 140 valence electrons. The molecule has 0 N–H and O–H groups in total. The molecule has 0 unspecified atom stereocenters. The van der Waals surface area contributed by atoms with Crippen LogP contribution < -0.4 is 9.47 Å². The van der Waals surface area contributed by atoms with Gasteiger partial charge in [0.1, 0.15) is 4.70 Å². The van der Waals surface area contributed by atoms with Crippen molar-refractivity contribution >= 4 is 44.6 Å². The number of rotatable bonds is 1. The molecule has 0 spiro atoms. The van der Waals surface area contributed by atoms with Gasteiger partial charge in [0.2, 0.25) is 5.52 Å². The normalized spacial score (nSPS) is 20.2. The van der Waals surface area contributed by atoms with E-state index in [1.54, 1.807) is 11.1 Å². The first kappa shape index (κ1) is 16.9. The molecule has 28 heavy (non-hydrogen) atoms. The number of thioether (sulfide) groups is 1. The number of para-hydroxylation sites is 2. The summed E-state index contributed by atoms with van der Waals surface area (Å²) in [6, 6.07) is 17.8. The van der Waals surface area contributed by atoms with Crippen LogP contribution in [-0.2, 0) is 6.54 Å². The standard InChI is InChI=1S/C24H23N2S2/c1-16(17-8-6-14-25-19-10-2-4-12-21(19)27-23(17)25)18-9-7-15-26-20-11-3-5-13-22(20)28-24(18)26/h2-5,10-13H,6-9,14-15H2,1H3/q+1. The molecule has 4 heteroatoms. The van der Waals surface area contributed by atoms with Crippen molar-refractivity contribution in [2.24, 2.45) is 0 Å². The van der Waals surface area contributed by atoms with E-state index in [2.05, 4.69) is 64.9 Å². The van der Waals surface area contributed by atoms with Gasteiger partial charge >= 0.3 is 0 Å². The van der Waals surface area contributed by atoms with Gasteiger partial charge in [-0.15, -0.1) is 0 Å². The second-order valence-corrected chi connectivity index (χ2v) is 9.90. The Hall–Kier alpha value is -2.04. The lowest BCUT2D eigenvalue weighted by Crippen LogP contribution is -2.39. The Kier molecular flexibility index (Phi) is 3.92. The lowest BCUT2D eigenvalue weighted by atomic mass is 9.92. The smallest absolute Gasteiger partial charge is 0.266 e. The van der Waals surface area contributed by atoms with Crippen LogP contribution in [0.1, 0.15) is 37.6 Å². The quantitative estimate of drug-likeness (QED) is 0.436. The van der Waals surface area contributed by atoms with Crippen LogP contribution in [0, 0.1) is 0 Å². The minimum atomic E-state index is 1.15. The molecular formula is C24H23N2S2+. The molecule has 4 heterocycles. The van der Waals surface area contributed by atoms with Gasteiger partial charge in [0.05, 0.1) is 10.7 Å². The number of thiazole rings is 1. The molecule has 3 aliphatic heterocycles. The highest BCUT2D eigenvalue weighted by molar-refractivity contribution is 8.03. The molecule has 0 saturated heterocycles. The fourth-order valence-electron chi connectivity index (χ4n) is 4.88. The third-order valence-electron chi connectivity index (χ3n) is 6.25. The van der Waals surface area contributed by atoms with E-state index < -0.39 is 0 Å². The topological polar surface area (TPSA) is 7.12 Å². The summed E-state index contributed by atoms with van der Waals surface area (Å²) in [5.41, 5.74) is 7.48. The van der Waals surface area contributed by atoms with Crippen LogP contribution in [0.15, 0.2) is 69.6 Å². The van der Waals surface area contributed by atoms with Crippen LogP contribution in [0.3, 0.4) is 0 Å². The van der Waals surface area contributed by atoms with Crippen molar-refractivity contribution in [3.63, 3.8) is 0 Å². The van der Waals surface area contributed by atoms with Crippen molar-refractivity contribution in [3.05, 3.63) is 69.7 Å². The monoisotopic (exact) mass is 403 g/mol. The van der Waals surface area contributed by atoms with Crippen LogP contribution in [0.25, 0.3) is 15.8 Å². The second kappa shape index (κ2) is 6.50. The van der Waals surface area contributed by atoms with Gasteiger partial charge in [-0.2, -0.15) is 4.57 Å². The maximum absolute atomic E-state index is 2.56. The number of nitrogens with zero attached hydrogens (tertiary/aromatic N) is 2. The average Bonchev–Trinajstić information content (AvgIpc) is 3.31. The first-order chi connectivity index (χ1) is 13.8. The molecule has 0 aliphatic carbocycles. The number of benzene rings is 2. The lowest BCUT2D eigenvalue weighted by molar-refractivity contribution is -0.672. The fraction of sp³-hybridized carbons (Fsp3) is 0.292. The number of allylic oxidation sites excluding steroid dienone is 3. The Bertz CT molecular complexity index is 1170. The van der Waals surface area contributed by atoms with Crippen LogP contribution in [0.5, 0.6) is 0 Å². The zero-order valence-corrected chi connectivity index (χ0v) is 17.7. The van der Waals surface area contributed by atoms with Crippen molar-refractivity contribution in [1.29, 1.82) is 0 Å². The minimum Gasteiger partial charge on any atom is -0.335 e. The Morgan fingerprint density at radius 1 is 1.00 bits per heavy atom. The number of hydrogen-bond acceptors (Lipinski definition) is 3. The van der Waals surface area contributed by atoms with E-state index in [1.807, 2.05) is 23.1 Å². The maximum atomic E-state index is 2.56. The Morgan fingerprint density at radius 2 is 1.86 bits per heavy atom. The summed E-state index contributed by atoms with van der Waals surface area (Å²) in [6.45, 7) is 4.67. The van der Waals surface area contributed by atoms with E-state index in [0.717, 1.165) is 13.1 Å². The van der Waals surface area contributed by atoms with Gasteiger partial charge in [-0.1, -0.05) is 47.4 Å². The first-order valence-electron chi connectivity index (χ1n) is 10.2. The summed E-state index contributed by atoms with van der Waals surface area (Å²) in [5, 5.41) is 2.96. The highest BCUT2D eigenvalue weighted by Gasteiger charge is 2.34. The summed E-state index contributed by atoms with van der Waals surface area (Å²) < 4.78 is 3.97. The molecule has 2 aromatic carbocycles. The van der Waals surface area contributed by atoms with Gasteiger partial charge in [0.25, 0.3) is 5.01 Å². The average molecular weight is 404 g/mol. The van der Waals surface area contributed by atoms with Crippen molar-refractivity contribution in [1.82, 2.24) is 0 Å². The van der Waals surface area contributed by atoms with Crippen molar-refractivity contribution in [2.75, 3.05) is 11.4 Å². The zero-order valence-electron chi connectivity index (χ0n) is 16.1. The molecule has 0 bridgehead atoms. The summed E-state index contributed by atoms with van der Waals surface area (Å²) in [5.74, 6) is 0. The summed E-state index contributed by atoms with van der Waals surface area (Å²) >= 11 is 3.95. The summed E-state index contributed by atoms with van der Waals surface area (Å²) in [6.07, 6.45) is 4.88. The van der Waals surface area contributed by atoms with Gasteiger partial charge in [-0.05, 0) is 55.5 Å². The van der Waals surface area contributed by atoms with Crippen LogP contribution in [0.2, 0.25) is 0 Å². The van der Waals surface area contributed by atoms with E-state index in [-0.39, 0.29) is 0 Å². The largest absolute Gasteiger partial charge is 0.335 e. The van der Waals surface area contributed by atoms with Gasteiger partial charge in [-0.3, -0.25) is 0 Å². The third-order valence-corrected chi connectivity index (χ3v) is 8.70. The van der Waals surface area contributed by atoms with Crippen LogP contribution in [-0.4, -0.2) is 6.54 Å². The number of aryl methyl sites for hydroxylation is 1. The van der Waals surface area contributed by atoms with E-state index in [1.165, 1.54) is 62.1 Å². The Morgan fingerprint density at radius 3 is 2.82 bits per heavy atom. The Balaban J connectivity index is 1.52. The second-order valence-electron chi connectivity index (χ2n) is 7.84. The molecule has 1 aromatic heterocycles. The molecule has 0 saturated carbocycles. The maximum Gasteiger partial charge on any atom is 0.266 e. The van der Waals surface area contributed by atoms with E-state index in [9.17, 15) is 0 Å². The van der Waals surface area contributed by atoms with Gasteiger partial charge in [-0.25, -0.2) is 0 Å². The van der Waals surface area contributed by atoms with Crippen molar-refractivity contribution < 1.29 is 4.57 Å². The number of fused-ring (bicyclic) bond motifs is 6. The summed E-state index contributed by atoms with van der Waals surface area (Å²) in [7, 11) is 0. The van der Waals surface area contributed by atoms with Gasteiger partial charge < -0.3 is 4.90 Å². The van der Waals surface area contributed by atoms with Crippen LogP contribution >= 0.6 is 23.1 Å². The predicted molar refractivity (Wildman–Crippen MR) is 120 cm³/mol. The molecule has 0 atom stereocenters. The molecule has 3 aromatic rings. The minimum absolute atomic E-state index is 1.15. The van der Waals surface area contributed by atoms with Crippen molar-refractivity contribution in [3.8, 4) is 0 Å². The van der Waals surface area contributed by atoms with E-state index in [0.29, 0.717) is 0 Å². The number of anilines is 1. The van der Waals surface area contributed by atoms with E-state index >= 15 is 0 Å². The SMILES string of the molecule is CC(C1=C2Sc3ccccc3N2CCC1)=C1CCC[n+]2c1sc1ccccc12. The zero-order chi connectivity index (χ0) is 18.7. The molecule has 0 amide bonds. The molecule has 2 nitrogen and oxygen atoms in total. The van der Waals surface area contributed by atoms with E-state index in [4.69, 9.17) is 0 Å². The van der Waals surface area contributed by atoms with Gasteiger partial charge in [0.15, 0.2) is 6.54 Å². The molecule has 0 radical (unpaired) electrons. The lowest BCUT2D eigenvalue weighted by Gasteiger charge is -2.29. The van der Waals surface area contributed by atoms with Crippen molar-refractivity contribution in [2.45, 2.75) is 44.0 Å². The Labute approximate surface area is 174 Å². The first-order valence-corrected chi connectivity index (χ1v) is 11.8. The molecule has 0 fully saturated rings. The predicted octanol–water partition coefficient (Wildman–Crippen LogP) is 6.37. The third kappa shape index (κ3) is 2.44. The molecule has 6 rings (SSSR count). The molecule has 3 aliphatic rings. The van der Waals surface area contributed by atoms with Gasteiger partial charge in [0, 0.05) is 29.5 Å². The number of hydrogen-bond donors (Lipinski definition) is 0. The number of aromatic nitrogens is 1. The summed E-state index contributed by atoms with van der Waals surface area (Å²) in [4.78, 5) is 3.97. The highest BCUT2D eigenvalue weighted by atomic mass is 32.2. The highest BCUT2D eigenvalue weighted by Crippen LogP contribution is 2.51. The fourth-order valence-corrected chi connectivity index (χ4v) is 7.51.